The summed E-state index contributed by atoms with van der Waals surface area (Å²) >= 11 is 9.45. The van der Waals surface area contributed by atoms with E-state index in [4.69, 9.17) is 40.6 Å². The van der Waals surface area contributed by atoms with E-state index in [9.17, 15) is 30.3 Å². The number of carbonyl (C=O) groups is 1. The predicted octanol–water partition coefficient (Wildman–Crippen LogP) is 4.43. The number of nitrogens with one attached hydrogen (secondary N) is 1. The van der Waals surface area contributed by atoms with Crippen molar-refractivity contribution < 1.29 is 58.7 Å². The highest BCUT2D eigenvalue weighted by atomic mass is 79.9. The second kappa shape index (κ2) is 21.2. The number of carbonyl (C=O) groups excluding carboxylic acids is 1. The van der Waals surface area contributed by atoms with E-state index in [0.717, 1.165) is 4.47 Å². The molecule has 3 saturated heterocycles. The third kappa shape index (κ3) is 12.2. The number of likely N-dealkylation sites (N-methyl/N-ethyl adjacent to an activating group) is 1. The molecule has 61 heavy (non-hydrogen) atoms. The third-order valence-electron chi connectivity index (χ3n) is 13.3. The van der Waals surface area contributed by atoms with Gasteiger partial charge >= 0.3 is 5.97 Å². The van der Waals surface area contributed by atoms with Crippen molar-refractivity contribution in [3.8, 4) is 0 Å². The first-order valence-electron chi connectivity index (χ1n) is 21.6. The molecule has 0 unspecified atom stereocenters. The summed E-state index contributed by atoms with van der Waals surface area (Å²) in [5.41, 5.74) is -3.98. The molecule has 0 bridgehead atoms. The number of aliphatic hydroxyl groups excluding tert-OH is 3. The number of hydrogen-bond donors (Lipinski definition) is 6. The van der Waals surface area contributed by atoms with Gasteiger partial charge in [-0.25, -0.2) is 0 Å². The van der Waals surface area contributed by atoms with Crippen LogP contribution in [0.15, 0.2) is 28.7 Å². The zero-order valence-electron chi connectivity index (χ0n) is 38.3. The molecule has 0 saturated carbocycles. The lowest BCUT2D eigenvalue weighted by Gasteiger charge is -2.49. The highest BCUT2D eigenvalue weighted by Gasteiger charge is 2.53. The molecule has 3 heterocycles. The lowest BCUT2D eigenvalue weighted by Crippen LogP contribution is -2.61. The van der Waals surface area contributed by atoms with Crippen molar-refractivity contribution in [1.82, 2.24) is 9.80 Å². The predicted molar refractivity (Wildman–Crippen MR) is 239 cm³/mol. The van der Waals surface area contributed by atoms with Crippen LogP contribution in [-0.4, -0.2) is 164 Å². The summed E-state index contributed by atoms with van der Waals surface area (Å²) in [4.78, 5) is 18.2. The lowest BCUT2D eigenvalue weighted by molar-refractivity contribution is -0.318. The standard InChI is InChI=1S/C44H74BrN3O12S/c1-14-32-44(10,54)36(50)27(6)48(41(61)46-30-17-15-29(45)16-18-30)22-23(2)20-42(8,53)38(60-40-34(49)31(47(11)12)19-24(3)56-40)25(4)35(26(5)39(52)58-32)59-33-21-43(9,55-13)37(51)28(7)57-33/h15-18,23-28,31-38,40,49-51,53-54H,14,19-22H2,1-13H3,(H,46,61)/t23-,24-,25+,26-,27-,28+,31-,32-,33+,34-,35+,36-,37+,38-,40+,42-,43-,44-/m1/s1. The van der Waals surface area contributed by atoms with Crippen molar-refractivity contribution >= 4 is 44.9 Å². The number of halogens is 1. The van der Waals surface area contributed by atoms with Crippen molar-refractivity contribution in [3.63, 3.8) is 0 Å². The molecular weight excluding hydrogens is 874 g/mol. The number of rotatable bonds is 8. The Bertz CT molecular complexity index is 1590. The molecule has 18 atom stereocenters. The molecule has 3 aliphatic heterocycles. The van der Waals surface area contributed by atoms with Crippen LogP contribution in [-0.2, 0) is 33.2 Å². The van der Waals surface area contributed by atoms with Gasteiger partial charge in [-0.05, 0) is 124 Å². The first-order chi connectivity index (χ1) is 28.3. The summed E-state index contributed by atoms with van der Waals surface area (Å²) in [7, 11) is 5.25. The highest BCUT2D eigenvalue weighted by Crippen LogP contribution is 2.40. The molecule has 3 fully saturated rings. The maximum absolute atomic E-state index is 14.5. The molecule has 3 aliphatic rings. The molecule has 0 aliphatic carbocycles. The number of ether oxygens (including phenoxy) is 6. The number of nitrogens with zero attached hydrogens (tertiary/aromatic N) is 2. The molecular formula is C44H74BrN3O12S. The van der Waals surface area contributed by atoms with Crippen LogP contribution in [0, 0.1) is 17.8 Å². The number of thiocarbonyl (C=S) groups is 1. The van der Waals surface area contributed by atoms with E-state index < -0.39 is 96.0 Å². The van der Waals surface area contributed by atoms with Crippen LogP contribution >= 0.6 is 28.1 Å². The van der Waals surface area contributed by atoms with E-state index in [1.807, 2.05) is 57.1 Å². The third-order valence-corrected chi connectivity index (χ3v) is 14.1. The van der Waals surface area contributed by atoms with Gasteiger partial charge in [-0.1, -0.05) is 36.7 Å². The van der Waals surface area contributed by atoms with E-state index >= 15 is 0 Å². The number of methoxy groups -OCH3 is 1. The van der Waals surface area contributed by atoms with E-state index in [1.165, 1.54) is 14.0 Å². The van der Waals surface area contributed by atoms with Gasteiger partial charge in [-0.3, -0.25) is 4.79 Å². The number of benzene rings is 1. The summed E-state index contributed by atoms with van der Waals surface area (Å²) in [6, 6.07) is 6.31. The Labute approximate surface area is 376 Å². The quantitative estimate of drug-likeness (QED) is 0.158. The fraction of sp³-hybridized carbons (Fsp3) is 0.818. The smallest absolute Gasteiger partial charge is 0.311 e. The molecule has 15 nitrogen and oxygen atoms in total. The van der Waals surface area contributed by atoms with Crippen LogP contribution in [0.4, 0.5) is 5.69 Å². The Kier molecular flexibility index (Phi) is 18.1. The molecule has 0 spiro atoms. The normalized spacial score (nSPS) is 43.6. The first-order valence-corrected chi connectivity index (χ1v) is 22.8. The van der Waals surface area contributed by atoms with Gasteiger partial charge in [0.15, 0.2) is 17.7 Å². The van der Waals surface area contributed by atoms with Crippen LogP contribution in [0.2, 0.25) is 0 Å². The average molecular weight is 949 g/mol. The number of hydrogen-bond acceptors (Lipinski definition) is 14. The van der Waals surface area contributed by atoms with Crippen LogP contribution in [0.25, 0.3) is 0 Å². The molecule has 6 N–H and O–H groups in total. The van der Waals surface area contributed by atoms with Gasteiger partial charge in [0.05, 0.1) is 47.6 Å². The van der Waals surface area contributed by atoms with Crippen LogP contribution < -0.4 is 5.32 Å². The van der Waals surface area contributed by atoms with E-state index in [2.05, 4.69) is 21.2 Å². The molecule has 1 aromatic carbocycles. The minimum Gasteiger partial charge on any atom is -0.459 e. The monoisotopic (exact) mass is 947 g/mol. The van der Waals surface area contributed by atoms with E-state index in [1.54, 1.807) is 53.4 Å². The maximum atomic E-state index is 14.5. The summed E-state index contributed by atoms with van der Waals surface area (Å²) in [6.45, 7) is 17.6. The van der Waals surface area contributed by atoms with Crippen molar-refractivity contribution in [1.29, 1.82) is 0 Å². The Morgan fingerprint density at radius 3 is 2.18 bits per heavy atom. The maximum Gasteiger partial charge on any atom is 0.311 e. The second-order valence-corrected chi connectivity index (χ2v) is 20.1. The molecule has 1 aromatic rings. The molecule has 0 aromatic heterocycles. The van der Waals surface area contributed by atoms with Crippen LogP contribution in [0.1, 0.15) is 94.9 Å². The molecule has 17 heteroatoms. The lowest BCUT2D eigenvalue weighted by atomic mass is 9.77. The van der Waals surface area contributed by atoms with Gasteiger partial charge in [-0.15, -0.1) is 0 Å². The van der Waals surface area contributed by atoms with Gasteiger partial charge in [0, 0.05) is 42.2 Å². The SMILES string of the molecule is CC[C@H]1OC(=O)[C@H](C)[C@@H](O[C@H]2C[C@@](C)(OC)[C@@H](O)[C@H](C)O2)[C@H](C)[C@@H](O[C@@H]2O[C@H](C)C[C@@H](N(C)C)[C@H]2O)[C@](C)(O)C[C@@H](C)CN(C(=S)Nc2ccc(Br)cc2)[C@H](C)[C@@H](O)[C@]1(C)O. The van der Waals surface area contributed by atoms with Gasteiger partial charge < -0.3 is 69.1 Å². The number of aliphatic hydroxyl groups is 5. The molecule has 0 radical (unpaired) electrons. The van der Waals surface area contributed by atoms with E-state index in [0.29, 0.717) is 12.1 Å². The van der Waals surface area contributed by atoms with Gasteiger partial charge in [0.2, 0.25) is 0 Å². The highest BCUT2D eigenvalue weighted by molar-refractivity contribution is 9.10. The topological polar surface area (TPSA) is 192 Å². The van der Waals surface area contributed by atoms with Crippen molar-refractivity contribution in [2.45, 2.75) is 185 Å². The Morgan fingerprint density at radius 1 is 0.984 bits per heavy atom. The fourth-order valence-electron chi connectivity index (χ4n) is 9.51. The van der Waals surface area contributed by atoms with Gasteiger partial charge in [0.25, 0.3) is 0 Å². The molecule has 4 rings (SSSR count). The van der Waals surface area contributed by atoms with Crippen LogP contribution in [0.5, 0.6) is 0 Å². The number of cyclic esters (lactones) is 1. The summed E-state index contributed by atoms with van der Waals surface area (Å²) in [6.07, 6.45) is -9.14. The Morgan fingerprint density at radius 2 is 1.61 bits per heavy atom. The van der Waals surface area contributed by atoms with Crippen LogP contribution in [0.3, 0.4) is 0 Å². The Hall–Kier alpha value is -1.58. The zero-order chi connectivity index (χ0) is 45.9. The molecule has 0 amide bonds. The van der Waals surface area contributed by atoms with Crippen molar-refractivity contribution in [2.75, 3.05) is 33.1 Å². The Balaban J connectivity index is 1.86. The minimum atomic E-state index is -1.95. The zero-order valence-corrected chi connectivity index (χ0v) is 40.7. The van der Waals surface area contributed by atoms with Crippen molar-refractivity contribution in [2.24, 2.45) is 17.8 Å². The first kappa shape index (κ1) is 52.0. The summed E-state index contributed by atoms with van der Waals surface area (Å²) in [5.74, 6) is -2.95. The average Bonchev–Trinajstić information content (AvgIpc) is 3.18. The molecule has 350 valence electrons. The summed E-state index contributed by atoms with van der Waals surface area (Å²) in [5, 5.41) is 63.3. The van der Waals surface area contributed by atoms with Gasteiger partial charge in [-0.2, -0.15) is 0 Å². The largest absolute Gasteiger partial charge is 0.459 e. The van der Waals surface area contributed by atoms with E-state index in [-0.39, 0.29) is 49.0 Å². The summed E-state index contributed by atoms with van der Waals surface area (Å²) < 4.78 is 38.8. The second-order valence-electron chi connectivity index (χ2n) is 18.8. The number of anilines is 1. The van der Waals surface area contributed by atoms with Gasteiger partial charge in [0.1, 0.15) is 30.0 Å². The van der Waals surface area contributed by atoms with Crippen molar-refractivity contribution in [3.05, 3.63) is 28.7 Å². The minimum absolute atomic E-state index is 0.103. The number of esters is 1. The fourth-order valence-corrected chi connectivity index (χ4v) is 10.1.